The Labute approximate surface area is 226 Å². The van der Waals surface area contributed by atoms with Crippen molar-refractivity contribution < 1.29 is 33.6 Å². The Bertz CT molecular complexity index is 846. The fourth-order valence-electron chi connectivity index (χ4n) is 3.13. The van der Waals surface area contributed by atoms with Gasteiger partial charge in [-0.05, 0) is 30.8 Å². The maximum absolute atomic E-state index is 12.2. The molecule has 6 amide bonds. The average molecular weight is 555 g/mol. The van der Waals surface area contributed by atoms with Gasteiger partial charge >= 0.3 is 0 Å². The van der Waals surface area contributed by atoms with Crippen LogP contribution in [0.25, 0.3) is 0 Å². The molecule has 0 aromatic rings. The number of likely N-dealkylation sites (tertiary alicyclic amines) is 1. The molecule has 37 heavy (non-hydrogen) atoms. The van der Waals surface area contributed by atoms with Gasteiger partial charge in [-0.2, -0.15) is 0 Å². The van der Waals surface area contributed by atoms with E-state index in [-0.39, 0.29) is 62.4 Å². The van der Waals surface area contributed by atoms with E-state index in [1.807, 2.05) is 6.92 Å². The standard InChI is InChI=1S/C22H34BN5O7S2/c1-2-37-15-10-21(34)28(22(15)35)8-7-17(30)24-11-18(31)25-12-19(32)26-13-20(33)27-14-36-9-5-3-4-6-16(23)29/h15H,2-14H2,1H3,(H,24,30)(H,25,31)(H,26,32)(H,27,33). The molecule has 0 aliphatic carbocycles. The van der Waals surface area contributed by atoms with E-state index in [4.69, 9.17) is 7.85 Å². The van der Waals surface area contributed by atoms with E-state index in [1.54, 1.807) is 0 Å². The van der Waals surface area contributed by atoms with Gasteiger partial charge in [0, 0.05) is 19.4 Å². The SMILES string of the molecule is [B]C(=O)CCCCCSCNC(=O)CNC(=O)CNC(=O)CNC(=O)CCN1C(=O)CC(SCC)C1=O. The van der Waals surface area contributed by atoms with E-state index in [9.17, 15) is 33.6 Å². The molecule has 0 aromatic carbocycles. The number of amides is 6. The molecule has 1 aliphatic heterocycles. The number of imide groups is 1. The zero-order valence-electron chi connectivity index (χ0n) is 21.0. The molecule has 1 saturated heterocycles. The van der Waals surface area contributed by atoms with Crippen LogP contribution in [0.15, 0.2) is 0 Å². The first kappa shape index (κ1) is 32.5. The van der Waals surface area contributed by atoms with Gasteiger partial charge in [0.05, 0.1) is 36.4 Å². The summed E-state index contributed by atoms with van der Waals surface area (Å²) in [5, 5.41) is 9.31. The van der Waals surface area contributed by atoms with Gasteiger partial charge in [-0.1, -0.05) is 13.3 Å². The highest BCUT2D eigenvalue weighted by Gasteiger charge is 2.38. The van der Waals surface area contributed by atoms with Gasteiger partial charge in [0.25, 0.3) is 0 Å². The molecule has 0 spiro atoms. The van der Waals surface area contributed by atoms with Crippen molar-refractivity contribution in [3.63, 3.8) is 0 Å². The van der Waals surface area contributed by atoms with Gasteiger partial charge in [-0.25, -0.2) is 0 Å². The van der Waals surface area contributed by atoms with Gasteiger partial charge in [0.1, 0.15) is 0 Å². The van der Waals surface area contributed by atoms with Gasteiger partial charge in [-0.3, -0.25) is 33.7 Å². The lowest BCUT2D eigenvalue weighted by atomic mass is 9.97. The van der Waals surface area contributed by atoms with E-state index in [1.165, 1.54) is 23.5 Å². The van der Waals surface area contributed by atoms with Crippen LogP contribution in [0.3, 0.4) is 0 Å². The molecule has 204 valence electrons. The fraction of sp³-hybridized carbons (Fsp3) is 0.682. The Morgan fingerprint density at radius 2 is 1.46 bits per heavy atom. The van der Waals surface area contributed by atoms with E-state index in [0.29, 0.717) is 18.1 Å². The number of carbonyl (C=O) groups is 7. The van der Waals surface area contributed by atoms with Crippen LogP contribution in [0.1, 0.15) is 45.4 Å². The zero-order valence-corrected chi connectivity index (χ0v) is 22.6. The maximum Gasteiger partial charge on any atom is 0.242 e. The quantitative estimate of drug-likeness (QED) is 0.0652. The molecule has 15 heteroatoms. The van der Waals surface area contributed by atoms with Crippen molar-refractivity contribution in [2.24, 2.45) is 0 Å². The van der Waals surface area contributed by atoms with Crippen molar-refractivity contribution in [1.82, 2.24) is 26.2 Å². The maximum atomic E-state index is 12.2. The molecule has 1 atom stereocenters. The van der Waals surface area contributed by atoms with E-state index in [2.05, 4.69) is 21.3 Å². The normalized spacial score (nSPS) is 14.8. The second-order valence-corrected chi connectivity index (χ2v) is 10.6. The lowest BCUT2D eigenvalue weighted by Crippen LogP contribution is -2.44. The molecule has 0 aromatic heterocycles. The summed E-state index contributed by atoms with van der Waals surface area (Å²) >= 11 is 2.91. The minimum atomic E-state index is -0.604. The summed E-state index contributed by atoms with van der Waals surface area (Å²) in [6.45, 7) is 0.868. The van der Waals surface area contributed by atoms with Crippen molar-refractivity contribution in [2.75, 3.05) is 43.6 Å². The molecular weight excluding hydrogens is 521 g/mol. The number of thioether (sulfide) groups is 2. The average Bonchev–Trinajstić information content (AvgIpc) is 3.12. The van der Waals surface area contributed by atoms with Crippen LogP contribution in [0, 0.1) is 0 Å². The molecule has 1 heterocycles. The lowest BCUT2D eigenvalue weighted by molar-refractivity contribution is -0.139. The smallest absolute Gasteiger partial charge is 0.242 e. The number of nitrogens with one attached hydrogen (secondary N) is 4. The van der Waals surface area contributed by atoms with Crippen LogP contribution in [0.5, 0.6) is 0 Å². The van der Waals surface area contributed by atoms with Gasteiger partial charge in [-0.15, -0.1) is 23.5 Å². The summed E-state index contributed by atoms with van der Waals surface area (Å²) in [5.41, 5.74) is -0.310. The lowest BCUT2D eigenvalue weighted by Gasteiger charge is -2.14. The summed E-state index contributed by atoms with van der Waals surface area (Å²) in [4.78, 5) is 83.1. The summed E-state index contributed by atoms with van der Waals surface area (Å²) in [7, 11) is 5.06. The first-order valence-corrected chi connectivity index (χ1v) is 14.2. The molecule has 12 nitrogen and oxygen atoms in total. The second kappa shape index (κ2) is 18.7. The van der Waals surface area contributed by atoms with Crippen LogP contribution in [0.2, 0.25) is 0 Å². The summed E-state index contributed by atoms with van der Waals surface area (Å²) in [6.07, 6.45) is 2.91. The number of carbonyl (C=O) groups excluding carboxylic acids is 7. The number of hydrogen-bond acceptors (Lipinski definition) is 9. The number of nitrogens with zero attached hydrogens (tertiary/aromatic N) is 1. The van der Waals surface area contributed by atoms with Gasteiger partial charge in [0.15, 0.2) is 7.85 Å². The summed E-state index contributed by atoms with van der Waals surface area (Å²) < 4.78 is 0. The van der Waals surface area contributed by atoms with Crippen molar-refractivity contribution in [2.45, 2.75) is 50.7 Å². The molecule has 1 aliphatic rings. The summed E-state index contributed by atoms with van der Waals surface area (Å²) in [5.74, 6) is -0.742. The van der Waals surface area contributed by atoms with Crippen LogP contribution in [-0.4, -0.2) is 103 Å². The highest BCUT2D eigenvalue weighted by atomic mass is 32.2. The van der Waals surface area contributed by atoms with Gasteiger partial charge < -0.3 is 26.1 Å². The number of hydrogen-bond donors (Lipinski definition) is 4. The van der Waals surface area contributed by atoms with E-state index >= 15 is 0 Å². The molecule has 1 unspecified atom stereocenters. The Hall–Kier alpha value is -2.55. The molecule has 0 bridgehead atoms. The number of rotatable bonds is 19. The van der Waals surface area contributed by atoms with Crippen LogP contribution < -0.4 is 21.3 Å². The predicted octanol–water partition coefficient (Wildman–Crippen LogP) is -1.33. The largest absolute Gasteiger partial charge is 0.347 e. The second-order valence-electron chi connectivity index (χ2n) is 8.04. The molecule has 0 saturated carbocycles. The van der Waals surface area contributed by atoms with Crippen molar-refractivity contribution in [3.05, 3.63) is 0 Å². The highest BCUT2D eigenvalue weighted by molar-refractivity contribution is 8.00. The van der Waals surface area contributed by atoms with Crippen molar-refractivity contribution in [3.8, 4) is 0 Å². The zero-order chi connectivity index (χ0) is 27.6. The first-order chi connectivity index (χ1) is 17.6. The van der Waals surface area contributed by atoms with Crippen LogP contribution in [-0.2, 0) is 33.6 Å². The Morgan fingerprint density at radius 3 is 2.05 bits per heavy atom. The monoisotopic (exact) mass is 555 g/mol. The third-order valence-corrected chi connectivity index (χ3v) is 7.08. The topological polar surface area (TPSA) is 171 Å². The molecule has 1 fully saturated rings. The fourth-order valence-corrected chi connectivity index (χ4v) is 4.88. The third kappa shape index (κ3) is 14.7. The molecule has 2 radical (unpaired) electrons. The minimum Gasteiger partial charge on any atom is -0.347 e. The third-order valence-electron chi connectivity index (χ3n) is 5.05. The Kier molecular flexibility index (Phi) is 16.4. The highest BCUT2D eigenvalue weighted by Crippen LogP contribution is 2.24. The molecular formula is C22H34BN5O7S2. The summed E-state index contributed by atoms with van der Waals surface area (Å²) in [6, 6.07) is 0. The van der Waals surface area contributed by atoms with Crippen molar-refractivity contribution >= 4 is 72.5 Å². The number of unbranched alkanes of at least 4 members (excludes halogenated alkanes) is 2. The molecule has 1 rings (SSSR count). The van der Waals surface area contributed by atoms with E-state index < -0.39 is 23.0 Å². The minimum absolute atomic E-state index is 0.0498. The predicted molar refractivity (Wildman–Crippen MR) is 142 cm³/mol. The Morgan fingerprint density at radius 1 is 0.865 bits per heavy atom. The van der Waals surface area contributed by atoms with E-state index in [0.717, 1.165) is 29.9 Å². The van der Waals surface area contributed by atoms with Gasteiger partial charge in [0.2, 0.25) is 35.4 Å². The van der Waals surface area contributed by atoms with Crippen LogP contribution >= 0.6 is 23.5 Å². The Balaban J connectivity index is 2.07. The van der Waals surface area contributed by atoms with Crippen molar-refractivity contribution in [1.29, 1.82) is 0 Å². The first-order valence-electron chi connectivity index (χ1n) is 12.0. The van der Waals surface area contributed by atoms with Crippen LogP contribution in [0.4, 0.5) is 0 Å². The molecule has 4 N–H and O–H groups in total.